The fourth-order valence-electron chi connectivity index (χ4n) is 1.97. The maximum atomic E-state index is 11.8. The summed E-state index contributed by atoms with van der Waals surface area (Å²) in [4.78, 5) is 16.0. The molecule has 2 rings (SSSR count). The molecule has 0 aliphatic heterocycles. The van der Waals surface area contributed by atoms with Gasteiger partial charge in [-0.2, -0.15) is 4.68 Å². The van der Waals surface area contributed by atoms with Gasteiger partial charge < -0.3 is 20.1 Å². The zero-order valence-corrected chi connectivity index (χ0v) is 12.4. The molecule has 1 aromatic heterocycles. The van der Waals surface area contributed by atoms with E-state index in [1.165, 1.54) is 27.4 Å². The number of nitrogens with one attached hydrogen (secondary N) is 1. The summed E-state index contributed by atoms with van der Waals surface area (Å²) in [6.45, 7) is 0. The number of rotatable bonds is 5. The molecule has 0 bridgehead atoms. The molecule has 22 heavy (non-hydrogen) atoms. The highest BCUT2D eigenvalue weighted by molar-refractivity contribution is 5.69. The first-order valence-electron chi connectivity index (χ1n) is 6.21. The second kappa shape index (κ2) is 6.22. The fraction of sp³-hybridized carbons (Fsp3) is 0.231. The number of hydrogen-bond donors (Lipinski definition) is 3. The first kappa shape index (κ1) is 15.4. The van der Waals surface area contributed by atoms with E-state index in [0.29, 0.717) is 28.5 Å². The summed E-state index contributed by atoms with van der Waals surface area (Å²) < 4.78 is 16.6. The molecule has 0 atom stereocenters. The van der Waals surface area contributed by atoms with Crippen molar-refractivity contribution in [2.24, 2.45) is 5.84 Å². The van der Waals surface area contributed by atoms with Crippen LogP contribution in [0, 0.1) is 0 Å². The van der Waals surface area contributed by atoms with Gasteiger partial charge in [-0.1, -0.05) is 0 Å². The second-order valence-corrected chi connectivity index (χ2v) is 4.23. The molecule has 0 aliphatic carbocycles. The van der Waals surface area contributed by atoms with Crippen molar-refractivity contribution in [3.63, 3.8) is 0 Å². The maximum Gasteiger partial charge on any atom is 0.273 e. The Balaban J connectivity index is 2.67. The van der Waals surface area contributed by atoms with E-state index < -0.39 is 5.56 Å². The van der Waals surface area contributed by atoms with Crippen molar-refractivity contribution in [1.82, 2.24) is 9.66 Å². The smallest absolute Gasteiger partial charge is 0.273 e. The average Bonchev–Trinajstić information content (AvgIpc) is 2.55. The standard InChI is InChI=1S/C13H17N5O4/c1-20-9-4-7(5-10(21-2)12(9)22-3)8-6-11(19)18(15)13(16-8)17-14/h4-6H,14-15H2,1-3H3,(H,16,17). The summed E-state index contributed by atoms with van der Waals surface area (Å²) in [5, 5.41) is 0. The molecule has 1 aromatic carbocycles. The van der Waals surface area contributed by atoms with Gasteiger partial charge in [0, 0.05) is 11.6 Å². The Morgan fingerprint density at radius 1 is 1.09 bits per heavy atom. The fourth-order valence-corrected chi connectivity index (χ4v) is 1.97. The lowest BCUT2D eigenvalue weighted by atomic mass is 10.1. The number of hydrogen-bond acceptors (Lipinski definition) is 8. The highest BCUT2D eigenvalue weighted by Crippen LogP contribution is 2.40. The summed E-state index contributed by atoms with van der Waals surface area (Å²) in [5.74, 6) is 12.2. The predicted molar refractivity (Wildman–Crippen MR) is 81.5 cm³/mol. The number of nitrogens with two attached hydrogens (primary N) is 2. The number of nitrogen functional groups attached to an aromatic ring is 2. The van der Waals surface area contributed by atoms with Crippen molar-refractivity contribution in [3.05, 3.63) is 28.6 Å². The molecule has 0 amide bonds. The topological polar surface area (TPSA) is 127 Å². The lowest BCUT2D eigenvalue weighted by Crippen LogP contribution is -2.32. The van der Waals surface area contributed by atoms with Gasteiger partial charge in [-0.25, -0.2) is 10.8 Å². The van der Waals surface area contributed by atoms with Crippen molar-refractivity contribution in [2.75, 3.05) is 32.6 Å². The van der Waals surface area contributed by atoms with E-state index in [-0.39, 0.29) is 5.95 Å². The van der Waals surface area contributed by atoms with Gasteiger partial charge in [-0.05, 0) is 12.1 Å². The van der Waals surface area contributed by atoms with Gasteiger partial charge in [0.25, 0.3) is 5.56 Å². The minimum atomic E-state index is -0.466. The minimum Gasteiger partial charge on any atom is -0.493 e. The SMILES string of the molecule is COc1cc(-c2cc(=O)n(N)c(NN)n2)cc(OC)c1OC. The van der Waals surface area contributed by atoms with Crippen LogP contribution >= 0.6 is 0 Å². The van der Waals surface area contributed by atoms with Crippen molar-refractivity contribution < 1.29 is 14.2 Å². The van der Waals surface area contributed by atoms with Crippen LogP contribution in [0.3, 0.4) is 0 Å². The molecule has 118 valence electrons. The van der Waals surface area contributed by atoms with E-state index in [1.807, 2.05) is 0 Å². The molecule has 0 radical (unpaired) electrons. The quantitative estimate of drug-likeness (QED) is 0.518. The molecule has 0 saturated carbocycles. The number of ether oxygens (including phenoxy) is 3. The van der Waals surface area contributed by atoms with Gasteiger partial charge in [0.05, 0.1) is 27.0 Å². The van der Waals surface area contributed by atoms with Crippen LogP contribution in [0.2, 0.25) is 0 Å². The molecule has 0 spiro atoms. The van der Waals surface area contributed by atoms with Crippen LogP contribution < -0.4 is 36.9 Å². The predicted octanol–water partition coefficient (Wildman–Crippen LogP) is -0.0645. The molecule has 2 aromatic rings. The average molecular weight is 307 g/mol. The molecule has 9 nitrogen and oxygen atoms in total. The third-order valence-electron chi connectivity index (χ3n) is 3.04. The van der Waals surface area contributed by atoms with Crippen LogP contribution in [0.5, 0.6) is 17.2 Å². The monoisotopic (exact) mass is 307 g/mol. The lowest BCUT2D eigenvalue weighted by Gasteiger charge is -2.14. The summed E-state index contributed by atoms with van der Waals surface area (Å²) in [6, 6.07) is 4.62. The van der Waals surface area contributed by atoms with Crippen LogP contribution in [0.4, 0.5) is 5.95 Å². The minimum absolute atomic E-state index is 0.0243. The van der Waals surface area contributed by atoms with E-state index in [9.17, 15) is 4.79 Å². The molecular weight excluding hydrogens is 290 g/mol. The van der Waals surface area contributed by atoms with Crippen LogP contribution in [0.15, 0.2) is 23.0 Å². The highest BCUT2D eigenvalue weighted by atomic mass is 16.5. The Morgan fingerprint density at radius 3 is 2.14 bits per heavy atom. The summed E-state index contributed by atoms with van der Waals surface area (Å²) in [7, 11) is 4.50. The number of aromatic nitrogens is 2. The van der Waals surface area contributed by atoms with Crippen molar-refractivity contribution >= 4 is 5.95 Å². The van der Waals surface area contributed by atoms with E-state index in [2.05, 4.69) is 10.4 Å². The largest absolute Gasteiger partial charge is 0.493 e. The van der Waals surface area contributed by atoms with E-state index >= 15 is 0 Å². The third kappa shape index (κ3) is 2.61. The van der Waals surface area contributed by atoms with Gasteiger partial charge in [-0.3, -0.25) is 10.2 Å². The van der Waals surface area contributed by atoms with Crippen molar-refractivity contribution in [1.29, 1.82) is 0 Å². The summed E-state index contributed by atoms with van der Waals surface area (Å²) in [5.41, 5.74) is 2.75. The van der Waals surface area contributed by atoms with Crippen LogP contribution in [0.25, 0.3) is 11.3 Å². The number of methoxy groups -OCH3 is 3. The van der Waals surface area contributed by atoms with E-state index in [0.717, 1.165) is 4.68 Å². The lowest BCUT2D eigenvalue weighted by molar-refractivity contribution is 0.324. The first-order chi connectivity index (χ1) is 10.5. The Bertz CT molecular complexity index is 719. The van der Waals surface area contributed by atoms with Crippen LogP contribution in [0.1, 0.15) is 0 Å². The normalized spacial score (nSPS) is 10.2. The number of hydrazine groups is 1. The Hall–Kier alpha value is -2.94. The zero-order valence-electron chi connectivity index (χ0n) is 12.4. The molecular formula is C13H17N5O4. The van der Waals surface area contributed by atoms with Crippen molar-refractivity contribution in [3.8, 4) is 28.5 Å². The van der Waals surface area contributed by atoms with Gasteiger partial charge in [-0.15, -0.1) is 0 Å². The molecule has 9 heteroatoms. The third-order valence-corrected chi connectivity index (χ3v) is 3.04. The van der Waals surface area contributed by atoms with Crippen LogP contribution in [-0.4, -0.2) is 31.0 Å². The van der Waals surface area contributed by atoms with Gasteiger partial charge in [0.1, 0.15) is 0 Å². The molecule has 0 unspecified atom stereocenters. The molecule has 0 fully saturated rings. The van der Waals surface area contributed by atoms with Gasteiger partial charge >= 0.3 is 0 Å². The molecule has 0 aliphatic rings. The Morgan fingerprint density at radius 2 is 1.68 bits per heavy atom. The Kier molecular flexibility index (Phi) is 4.37. The summed E-state index contributed by atoms with van der Waals surface area (Å²) >= 11 is 0. The van der Waals surface area contributed by atoms with Gasteiger partial charge in [0.15, 0.2) is 11.5 Å². The number of anilines is 1. The second-order valence-electron chi connectivity index (χ2n) is 4.23. The van der Waals surface area contributed by atoms with Crippen LogP contribution in [-0.2, 0) is 0 Å². The number of benzene rings is 1. The first-order valence-corrected chi connectivity index (χ1v) is 6.21. The Labute approximate surface area is 126 Å². The van der Waals surface area contributed by atoms with E-state index in [4.69, 9.17) is 25.9 Å². The zero-order chi connectivity index (χ0) is 16.3. The van der Waals surface area contributed by atoms with Gasteiger partial charge in [0.2, 0.25) is 11.7 Å². The number of nitrogens with zero attached hydrogens (tertiary/aromatic N) is 2. The summed E-state index contributed by atoms with van der Waals surface area (Å²) in [6.07, 6.45) is 0. The molecule has 0 saturated heterocycles. The molecule has 1 heterocycles. The van der Waals surface area contributed by atoms with E-state index in [1.54, 1.807) is 12.1 Å². The van der Waals surface area contributed by atoms with Crippen molar-refractivity contribution in [2.45, 2.75) is 0 Å². The highest BCUT2D eigenvalue weighted by Gasteiger charge is 2.16. The molecule has 5 N–H and O–H groups in total. The maximum absolute atomic E-state index is 11.8.